The van der Waals surface area contributed by atoms with Crippen LogP contribution in [0.2, 0.25) is 0 Å². The van der Waals surface area contributed by atoms with Crippen molar-refractivity contribution in [1.29, 1.82) is 0 Å². The van der Waals surface area contributed by atoms with Crippen LogP contribution in [-0.2, 0) is 0 Å². The first-order valence-corrected chi connectivity index (χ1v) is 10.3. The lowest BCUT2D eigenvalue weighted by atomic mass is 10.4. The Morgan fingerprint density at radius 2 is 0.714 bits per heavy atom. The van der Waals surface area contributed by atoms with Gasteiger partial charge >= 0.3 is 0 Å². The van der Waals surface area contributed by atoms with Gasteiger partial charge in [0.15, 0.2) is 0 Å². The minimum atomic E-state index is -1.48. The fourth-order valence-corrected chi connectivity index (χ4v) is 8.56. The molecule has 0 aliphatic rings. The Balaban J connectivity index is 6.50. The maximum Gasteiger partial charge on any atom is 0.124 e. The predicted molar refractivity (Wildman–Crippen MR) is 103 cm³/mol. The highest BCUT2D eigenvalue weighted by molar-refractivity contribution is 7.90. The molecule has 0 spiro atoms. The Hall–Kier alpha value is -0.610. The summed E-state index contributed by atoms with van der Waals surface area (Å²) < 4.78 is 0. The molecule has 0 unspecified atom stereocenters. The Kier molecular flexibility index (Phi) is 9.88. The maximum atomic E-state index is 2.45. The molecule has 0 aliphatic carbocycles. The summed E-state index contributed by atoms with van der Waals surface area (Å²) >= 11 is 0. The quantitative estimate of drug-likeness (QED) is 0.396. The van der Waals surface area contributed by atoms with Crippen LogP contribution >= 0.6 is 7.26 Å². The van der Waals surface area contributed by atoms with Crippen LogP contribution in [0.3, 0.4) is 0 Å². The number of hydrogen-bond acceptors (Lipinski definition) is 0. The Morgan fingerprint density at radius 1 is 0.524 bits per heavy atom. The third-order valence-corrected chi connectivity index (χ3v) is 9.08. The van der Waals surface area contributed by atoms with E-state index in [0.29, 0.717) is 0 Å². The summed E-state index contributed by atoms with van der Waals surface area (Å²) in [5.41, 5.74) is 0. The number of hydrogen-bond donors (Lipinski definition) is 0. The van der Waals surface area contributed by atoms with Gasteiger partial charge in [-0.25, -0.2) is 0 Å². The molecule has 0 aromatic heterocycles. The van der Waals surface area contributed by atoms with Crippen molar-refractivity contribution >= 4 is 7.26 Å². The van der Waals surface area contributed by atoms with Gasteiger partial charge in [0, 0.05) is 0 Å². The van der Waals surface area contributed by atoms with Gasteiger partial charge in [-0.1, -0.05) is 27.7 Å². The second-order valence-electron chi connectivity index (χ2n) is 5.69. The number of rotatable bonds is 8. The Morgan fingerprint density at radius 3 is 0.857 bits per heavy atom. The van der Waals surface area contributed by atoms with Gasteiger partial charge in [0.1, 0.15) is 7.26 Å². The van der Waals surface area contributed by atoms with Crippen molar-refractivity contribution in [3.63, 3.8) is 0 Å². The largest absolute Gasteiger partial charge is 0.124 e. The number of allylic oxidation sites excluding steroid dienone is 8. The highest BCUT2D eigenvalue weighted by atomic mass is 31.2. The van der Waals surface area contributed by atoms with Crippen molar-refractivity contribution in [1.82, 2.24) is 0 Å². The summed E-state index contributed by atoms with van der Waals surface area (Å²) in [6, 6.07) is 0. The van der Waals surface area contributed by atoms with Crippen molar-refractivity contribution in [2.45, 2.75) is 81.1 Å². The van der Waals surface area contributed by atoms with Gasteiger partial charge in [0.2, 0.25) is 0 Å². The van der Waals surface area contributed by atoms with E-state index in [0.717, 1.165) is 25.7 Å². The monoisotopic (exact) mass is 307 g/mol. The molecular weight excluding hydrogens is 271 g/mol. The first-order valence-electron chi connectivity index (χ1n) is 8.51. The zero-order valence-corrected chi connectivity index (χ0v) is 16.5. The second-order valence-corrected chi connectivity index (χ2v) is 9.85. The van der Waals surface area contributed by atoms with E-state index in [1.807, 2.05) is 0 Å². The standard InChI is InChI=1S/C20H36P/c1-9-13-17(5)21(18(6)14-10-2,19(7)15-11-3)20(8)16-12-4/h13-16H,9-12H2,1-8H3/q+1/b17-13-,18-14-,19-15-,20-16-. The van der Waals surface area contributed by atoms with Gasteiger partial charge in [-0.2, -0.15) is 0 Å². The molecule has 0 saturated heterocycles. The average Bonchev–Trinajstić information content (AvgIpc) is 2.40. The summed E-state index contributed by atoms with van der Waals surface area (Å²) in [7, 11) is -1.48. The molecule has 0 aromatic rings. The third kappa shape index (κ3) is 4.68. The van der Waals surface area contributed by atoms with E-state index in [1.165, 1.54) is 0 Å². The summed E-state index contributed by atoms with van der Waals surface area (Å²) in [6.45, 7) is 18.4. The van der Waals surface area contributed by atoms with Crippen LogP contribution in [-0.4, -0.2) is 0 Å². The molecule has 1 heteroatoms. The highest BCUT2D eigenvalue weighted by Crippen LogP contribution is 2.82. The zero-order chi connectivity index (χ0) is 16.5. The van der Waals surface area contributed by atoms with E-state index in [1.54, 1.807) is 21.3 Å². The van der Waals surface area contributed by atoms with Gasteiger partial charge in [-0.05, 0) is 77.7 Å². The fraction of sp³-hybridized carbons (Fsp3) is 0.600. The second kappa shape index (κ2) is 10.2. The van der Waals surface area contributed by atoms with Crippen LogP contribution in [0.25, 0.3) is 0 Å². The highest BCUT2D eigenvalue weighted by Gasteiger charge is 2.46. The SMILES string of the molecule is CC/C=C(/C)[P+](/C(C)=C\CC)(/C(C)=C\CC)/C(C)=C\CC. The van der Waals surface area contributed by atoms with E-state index in [9.17, 15) is 0 Å². The first-order chi connectivity index (χ1) is 9.93. The van der Waals surface area contributed by atoms with Crippen molar-refractivity contribution in [2.24, 2.45) is 0 Å². The summed E-state index contributed by atoms with van der Waals surface area (Å²) in [5, 5.41) is 6.32. The molecule has 120 valence electrons. The average molecular weight is 307 g/mol. The fourth-order valence-electron chi connectivity index (χ4n) is 3.40. The van der Waals surface area contributed by atoms with Crippen LogP contribution in [0.15, 0.2) is 45.6 Å². The molecule has 0 bridgehead atoms. The van der Waals surface area contributed by atoms with E-state index >= 15 is 0 Å². The minimum Gasteiger partial charge on any atom is -0.0617 e. The molecule has 0 atom stereocenters. The molecule has 0 nitrogen and oxygen atoms in total. The van der Waals surface area contributed by atoms with Crippen LogP contribution in [0.5, 0.6) is 0 Å². The van der Waals surface area contributed by atoms with Gasteiger partial charge in [-0.15, -0.1) is 0 Å². The molecule has 0 aromatic carbocycles. The molecule has 0 N–H and O–H groups in total. The first kappa shape index (κ1) is 20.4. The molecule has 0 saturated carbocycles. The molecule has 0 aliphatic heterocycles. The molecule has 0 fully saturated rings. The van der Waals surface area contributed by atoms with E-state index in [2.05, 4.69) is 79.7 Å². The summed E-state index contributed by atoms with van der Waals surface area (Å²) in [4.78, 5) is 0. The van der Waals surface area contributed by atoms with E-state index < -0.39 is 7.26 Å². The van der Waals surface area contributed by atoms with Crippen molar-refractivity contribution in [3.05, 3.63) is 45.6 Å². The molecule has 21 heavy (non-hydrogen) atoms. The van der Waals surface area contributed by atoms with E-state index in [4.69, 9.17) is 0 Å². The lowest BCUT2D eigenvalue weighted by Crippen LogP contribution is -2.01. The molecule has 0 heterocycles. The zero-order valence-electron chi connectivity index (χ0n) is 15.6. The molecule has 0 rings (SSSR count). The Bertz CT molecular complexity index is 347. The Labute approximate surface area is 134 Å². The van der Waals surface area contributed by atoms with E-state index in [-0.39, 0.29) is 0 Å². The maximum absolute atomic E-state index is 2.45. The topological polar surface area (TPSA) is 0 Å². The molecular formula is C20H36P+. The van der Waals surface area contributed by atoms with Gasteiger partial charge in [-0.3, -0.25) is 0 Å². The van der Waals surface area contributed by atoms with Gasteiger partial charge in [0.25, 0.3) is 0 Å². The normalized spacial score (nSPS) is 15.6. The van der Waals surface area contributed by atoms with Crippen LogP contribution in [0.1, 0.15) is 81.1 Å². The van der Waals surface area contributed by atoms with Crippen molar-refractivity contribution in [2.75, 3.05) is 0 Å². The van der Waals surface area contributed by atoms with Gasteiger partial charge < -0.3 is 0 Å². The van der Waals surface area contributed by atoms with Crippen molar-refractivity contribution < 1.29 is 0 Å². The molecule has 0 radical (unpaired) electrons. The smallest absolute Gasteiger partial charge is 0.0617 e. The van der Waals surface area contributed by atoms with Crippen molar-refractivity contribution in [3.8, 4) is 0 Å². The minimum absolute atomic E-state index is 1.12. The van der Waals surface area contributed by atoms with Crippen LogP contribution < -0.4 is 0 Å². The summed E-state index contributed by atoms with van der Waals surface area (Å²) in [5.74, 6) is 0. The lowest BCUT2D eigenvalue weighted by Gasteiger charge is -2.30. The predicted octanol–water partition coefficient (Wildman–Crippen LogP) is 8.26. The lowest BCUT2D eigenvalue weighted by molar-refractivity contribution is 1.18. The summed E-state index contributed by atoms with van der Waals surface area (Å²) in [6.07, 6.45) is 14.2. The van der Waals surface area contributed by atoms with Crippen LogP contribution in [0, 0.1) is 0 Å². The third-order valence-electron chi connectivity index (χ3n) is 4.11. The van der Waals surface area contributed by atoms with Crippen LogP contribution in [0.4, 0.5) is 0 Å². The van der Waals surface area contributed by atoms with Gasteiger partial charge in [0.05, 0.1) is 21.3 Å². The molecule has 0 amide bonds.